The van der Waals surface area contributed by atoms with E-state index in [0.29, 0.717) is 12.5 Å². The van der Waals surface area contributed by atoms with Crippen molar-refractivity contribution in [1.82, 2.24) is 25.7 Å². The van der Waals surface area contributed by atoms with E-state index in [9.17, 15) is 19.2 Å². The molecule has 140 valence electrons. The lowest BCUT2D eigenvalue weighted by Gasteiger charge is -2.33. The molecule has 0 aromatic carbocycles. The van der Waals surface area contributed by atoms with Crippen molar-refractivity contribution in [3.63, 3.8) is 0 Å². The zero-order chi connectivity index (χ0) is 18.7. The fourth-order valence-electron chi connectivity index (χ4n) is 3.15. The lowest BCUT2D eigenvalue weighted by Crippen LogP contribution is -2.41. The van der Waals surface area contributed by atoms with Gasteiger partial charge in [-0.3, -0.25) is 19.7 Å². The summed E-state index contributed by atoms with van der Waals surface area (Å²) in [6.45, 7) is 2.11. The summed E-state index contributed by atoms with van der Waals surface area (Å²) in [6, 6.07) is 0.221. The van der Waals surface area contributed by atoms with E-state index in [-0.39, 0.29) is 17.9 Å². The molecule has 2 aliphatic heterocycles. The maximum atomic E-state index is 12.0. The summed E-state index contributed by atoms with van der Waals surface area (Å²) in [6.07, 6.45) is 3.39. The van der Waals surface area contributed by atoms with Crippen LogP contribution < -0.4 is 26.4 Å². The van der Waals surface area contributed by atoms with Gasteiger partial charge in [-0.25, -0.2) is 9.48 Å². The van der Waals surface area contributed by atoms with Gasteiger partial charge in [0.05, 0.1) is 18.3 Å². The molecule has 2 fully saturated rings. The molecular weight excluding hydrogens is 340 g/mol. The van der Waals surface area contributed by atoms with Gasteiger partial charge in [0.1, 0.15) is 6.04 Å². The Morgan fingerprint density at radius 1 is 1.31 bits per heavy atom. The maximum absolute atomic E-state index is 12.0. The lowest BCUT2D eigenvalue weighted by molar-refractivity contribution is -0.126. The van der Waals surface area contributed by atoms with Crippen LogP contribution in [-0.4, -0.2) is 53.3 Å². The molecule has 0 bridgehead atoms. The van der Waals surface area contributed by atoms with Gasteiger partial charge in [0.15, 0.2) is 0 Å². The summed E-state index contributed by atoms with van der Waals surface area (Å²) in [5.41, 5.74) is 0.679. The molecule has 2 aliphatic rings. The Morgan fingerprint density at radius 2 is 2.04 bits per heavy atom. The van der Waals surface area contributed by atoms with E-state index >= 15 is 0 Å². The summed E-state index contributed by atoms with van der Waals surface area (Å²) >= 11 is 0. The number of imide groups is 1. The molecule has 1 aromatic heterocycles. The molecule has 0 radical (unpaired) electrons. The van der Waals surface area contributed by atoms with Crippen LogP contribution in [0.15, 0.2) is 17.1 Å². The number of piperidine rings is 1. The number of carbonyl (C=O) groups excluding carboxylic acids is 3. The number of anilines is 1. The Bertz CT molecular complexity index is 768. The molecule has 10 heteroatoms. The minimum Gasteiger partial charge on any atom is -0.370 e. The van der Waals surface area contributed by atoms with Gasteiger partial charge in [-0.05, 0) is 18.8 Å². The van der Waals surface area contributed by atoms with Gasteiger partial charge in [-0.15, -0.1) is 0 Å². The topological polar surface area (TPSA) is 125 Å². The Kier molecular flexibility index (Phi) is 5.19. The number of hydrogen-bond acceptors (Lipinski definition) is 6. The third-order valence-electron chi connectivity index (χ3n) is 4.77. The average Bonchev–Trinajstić information content (AvgIpc) is 2.93. The fourth-order valence-corrected chi connectivity index (χ4v) is 3.15. The van der Waals surface area contributed by atoms with Crippen LogP contribution in [0.25, 0.3) is 0 Å². The number of hydrogen-bond donors (Lipinski definition) is 3. The van der Waals surface area contributed by atoms with Crippen molar-refractivity contribution in [3.8, 4) is 0 Å². The first-order valence-corrected chi connectivity index (χ1v) is 8.59. The van der Waals surface area contributed by atoms with Crippen LogP contribution in [0.2, 0.25) is 0 Å². The van der Waals surface area contributed by atoms with Crippen LogP contribution in [0.3, 0.4) is 0 Å². The van der Waals surface area contributed by atoms with E-state index in [1.165, 1.54) is 4.68 Å². The van der Waals surface area contributed by atoms with Crippen molar-refractivity contribution in [3.05, 3.63) is 22.6 Å². The SMILES string of the molecule is Cn1ncc(N2CCC(CNC(=O)CC3NC(=O)NC3=O)CC2)cc1=O. The van der Waals surface area contributed by atoms with E-state index in [1.54, 1.807) is 19.3 Å². The second-order valence-corrected chi connectivity index (χ2v) is 6.63. The minimum absolute atomic E-state index is 0.0601. The largest absolute Gasteiger partial charge is 0.370 e. The summed E-state index contributed by atoms with van der Waals surface area (Å²) in [7, 11) is 1.61. The molecule has 3 heterocycles. The molecule has 0 spiro atoms. The van der Waals surface area contributed by atoms with Gasteiger partial charge < -0.3 is 15.5 Å². The molecule has 3 N–H and O–H groups in total. The zero-order valence-electron chi connectivity index (χ0n) is 14.5. The molecule has 0 saturated carbocycles. The third kappa shape index (κ3) is 4.19. The zero-order valence-corrected chi connectivity index (χ0v) is 14.5. The molecule has 4 amide bonds. The van der Waals surface area contributed by atoms with Gasteiger partial charge in [0.25, 0.3) is 11.5 Å². The van der Waals surface area contributed by atoms with Crippen LogP contribution >= 0.6 is 0 Å². The molecule has 10 nitrogen and oxygen atoms in total. The smallest absolute Gasteiger partial charge is 0.322 e. The minimum atomic E-state index is -0.794. The number of nitrogens with one attached hydrogen (secondary N) is 3. The van der Waals surface area contributed by atoms with Crippen molar-refractivity contribution < 1.29 is 14.4 Å². The number of nitrogens with zero attached hydrogens (tertiary/aromatic N) is 3. The molecule has 0 aliphatic carbocycles. The highest BCUT2D eigenvalue weighted by molar-refractivity contribution is 6.05. The highest BCUT2D eigenvalue weighted by atomic mass is 16.2. The second kappa shape index (κ2) is 7.54. The third-order valence-corrected chi connectivity index (χ3v) is 4.77. The van der Waals surface area contributed by atoms with E-state index in [4.69, 9.17) is 0 Å². The Balaban J connectivity index is 1.42. The van der Waals surface area contributed by atoms with Crippen LogP contribution in [0.1, 0.15) is 19.3 Å². The van der Waals surface area contributed by atoms with Crippen molar-refractivity contribution in [2.24, 2.45) is 13.0 Å². The predicted molar refractivity (Wildman–Crippen MR) is 92.5 cm³/mol. The standard InChI is InChI=1S/C16H22N6O4/c1-21-14(24)6-11(9-18-21)22-4-2-10(3-5-22)8-17-13(23)7-12-15(25)20-16(26)19-12/h6,9-10,12H,2-5,7-8H2,1H3,(H,17,23)(H2,19,20,25,26). The molecule has 1 aromatic rings. The Labute approximate surface area is 149 Å². The van der Waals surface area contributed by atoms with Gasteiger partial charge in [0.2, 0.25) is 5.91 Å². The summed E-state index contributed by atoms with van der Waals surface area (Å²) in [5.74, 6) is -0.395. The van der Waals surface area contributed by atoms with Crippen molar-refractivity contribution in [2.75, 3.05) is 24.5 Å². The highest BCUT2D eigenvalue weighted by Gasteiger charge is 2.31. The summed E-state index contributed by atoms with van der Waals surface area (Å²) in [4.78, 5) is 48.2. The molecule has 2 saturated heterocycles. The van der Waals surface area contributed by atoms with E-state index in [1.807, 2.05) is 0 Å². The van der Waals surface area contributed by atoms with Crippen LogP contribution in [0, 0.1) is 5.92 Å². The van der Waals surface area contributed by atoms with Crippen LogP contribution in [0.5, 0.6) is 0 Å². The van der Waals surface area contributed by atoms with E-state index in [0.717, 1.165) is 31.6 Å². The quantitative estimate of drug-likeness (QED) is 0.560. The van der Waals surface area contributed by atoms with Gasteiger partial charge in [-0.2, -0.15) is 5.10 Å². The number of urea groups is 1. The monoisotopic (exact) mass is 362 g/mol. The Hall–Kier alpha value is -2.91. The number of carbonyl (C=O) groups is 3. The second-order valence-electron chi connectivity index (χ2n) is 6.63. The predicted octanol–water partition coefficient (Wildman–Crippen LogP) is -1.29. The summed E-state index contributed by atoms with van der Waals surface area (Å²) < 4.78 is 1.29. The average molecular weight is 362 g/mol. The number of aryl methyl sites for hydroxylation is 1. The van der Waals surface area contributed by atoms with Crippen LogP contribution in [0.4, 0.5) is 10.5 Å². The highest BCUT2D eigenvalue weighted by Crippen LogP contribution is 2.21. The first kappa shape index (κ1) is 17.9. The number of amides is 4. The van der Waals surface area contributed by atoms with Crippen LogP contribution in [-0.2, 0) is 16.6 Å². The van der Waals surface area contributed by atoms with Gasteiger partial charge in [-0.1, -0.05) is 0 Å². The van der Waals surface area contributed by atoms with Crippen molar-refractivity contribution >= 4 is 23.5 Å². The molecular formula is C16H22N6O4. The lowest BCUT2D eigenvalue weighted by atomic mass is 9.96. The number of rotatable bonds is 5. The van der Waals surface area contributed by atoms with E-state index < -0.39 is 18.0 Å². The molecule has 3 rings (SSSR count). The molecule has 1 atom stereocenters. The first-order valence-electron chi connectivity index (χ1n) is 8.59. The van der Waals surface area contributed by atoms with E-state index in [2.05, 4.69) is 25.9 Å². The van der Waals surface area contributed by atoms with Gasteiger partial charge >= 0.3 is 6.03 Å². The molecule has 26 heavy (non-hydrogen) atoms. The summed E-state index contributed by atoms with van der Waals surface area (Å²) in [5, 5.41) is 11.4. The molecule has 1 unspecified atom stereocenters. The Morgan fingerprint density at radius 3 is 2.65 bits per heavy atom. The first-order chi connectivity index (χ1) is 12.4. The normalized spacial score (nSPS) is 20.7. The number of aromatic nitrogens is 2. The van der Waals surface area contributed by atoms with Gasteiger partial charge in [0, 0.05) is 32.7 Å². The maximum Gasteiger partial charge on any atom is 0.322 e. The van der Waals surface area contributed by atoms with Crippen molar-refractivity contribution in [2.45, 2.75) is 25.3 Å². The van der Waals surface area contributed by atoms with Crippen molar-refractivity contribution in [1.29, 1.82) is 0 Å². The fraction of sp³-hybridized carbons (Fsp3) is 0.562.